The van der Waals surface area contributed by atoms with Crippen molar-refractivity contribution < 1.29 is 14.3 Å². The SMILES string of the molecule is COC(=O)COC1(c2nc(Br)cn2C)CNC2(CCCCC2)C1. The first-order valence-electron chi connectivity index (χ1n) is 8.14. The second-order valence-corrected chi connectivity index (χ2v) is 7.54. The van der Waals surface area contributed by atoms with Gasteiger partial charge in [0.2, 0.25) is 0 Å². The van der Waals surface area contributed by atoms with Gasteiger partial charge in [-0.25, -0.2) is 9.78 Å². The molecule has 1 aromatic heterocycles. The molecule has 128 valence electrons. The van der Waals surface area contributed by atoms with Crippen LogP contribution in [0.1, 0.15) is 44.3 Å². The lowest BCUT2D eigenvalue weighted by molar-refractivity contribution is -0.154. The Morgan fingerprint density at radius 1 is 1.43 bits per heavy atom. The molecule has 1 aliphatic carbocycles. The zero-order valence-corrected chi connectivity index (χ0v) is 15.3. The molecule has 1 aliphatic heterocycles. The van der Waals surface area contributed by atoms with Crippen molar-refractivity contribution in [1.82, 2.24) is 14.9 Å². The summed E-state index contributed by atoms with van der Waals surface area (Å²) in [6, 6.07) is 0. The molecular formula is C16H24BrN3O3. The average Bonchev–Trinajstić information content (AvgIpc) is 3.07. The molecule has 2 fully saturated rings. The van der Waals surface area contributed by atoms with Crippen LogP contribution >= 0.6 is 15.9 Å². The number of halogens is 1. The normalized spacial score (nSPS) is 26.6. The van der Waals surface area contributed by atoms with Crippen molar-refractivity contribution in [2.75, 3.05) is 20.3 Å². The van der Waals surface area contributed by atoms with Gasteiger partial charge in [-0.1, -0.05) is 19.3 Å². The van der Waals surface area contributed by atoms with E-state index in [2.05, 4.69) is 26.2 Å². The van der Waals surface area contributed by atoms with Crippen LogP contribution in [0.25, 0.3) is 0 Å². The molecule has 3 rings (SSSR count). The van der Waals surface area contributed by atoms with Crippen LogP contribution in [0.4, 0.5) is 0 Å². The van der Waals surface area contributed by atoms with Crippen LogP contribution in [0.5, 0.6) is 0 Å². The Labute approximate surface area is 145 Å². The van der Waals surface area contributed by atoms with Crippen molar-refractivity contribution in [2.45, 2.75) is 49.7 Å². The van der Waals surface area contributed by atoms with E-state index in [0.717, 1.165) is 29.7 Å². The summed E-state index contributed by atoms with van der Waals surface area (Å²) in [5.74, 6) is 0.491. The third-order valence-electron chi connectivity index (χ3n) is 5.13. The summed E-state index contributed by atoms with van der Waals surface area (Å²) >= 11 is 3.44. The van der Waals surface area contributed by atoms with Gasteiger partial charge in [0.1, 0.15) is 22.6 Å². The molecule has 0 bridgehead atoms. The molecule has 23 heavy (non-hydrogen) atoms. The number of rotatable bonds is 4. The van der Waals surface area contributed by atoms with Gasteiger partial charge in [-0.15, -0.1) is 0 Å². The molecule has 0 radical (unpaired) electrons. The molecule has 1 N–H and O–H groups in total. The van der Waals surface area contributed by atoms with Crippen LogP contribution < -0.4 is 5.32 Å². The number of carbonyl (C=O) groups excluding carboxylic acids is 1. The highest BCUT2D eigenvalue weighted by molar-refractivity contribution is 9.10. The first-order valence-corrected chi connectivity index (χ1v) is 8.93. The van der Waals surface area contributed by atoms with Gasteiger partial charge in [0.05, 0.1) is 7.11 Å². The number of nitrogens with zero attached hydrogens (tertiary/aromatic N) is 2. The number of nitrogens with one attached hydrogen (secondary N) is 1. The minimum atomic E-state index is -0.591. The predicted octanol–water partition coefficient (Wildman–Crippen LogP) is 2.26. The summed E-state index contributed by atoms with van der Waals surface area (Å²) in [7, 11) is 3.34. The maximum absolute atomic E-state index is 11.6. The molecule has 2 heterocycles. The third-order valence-corrected chi connectivity index (χ3v) is 5.51. The molecule has 7 heteroatoms. The number of esters is 1. The topological polar surface area (TPSA) is 65.4 Å². The van der Waals surface area contributed by atoms with Gasteiger partial charge in [0.25, 0.3) is 0 Å². The summed E-state index contributed by atoms with van der Waals surface area (Å²) in [5, 5.41) is 3.69. The van der Waals surface area contributed by atoms with E-state index in [-0.39, 0.29) is 18.1 Å². The first-order chi connectivity index (χ1) is 11.0. The molecule has 1 saturated carbocycles. The molecule has 1 spiro atoms. The molecule has 1 aromatic rings. The van der Waals surface area contributed by atoms with Gasteiger partial charge >= 0.3 is 5.97 Å². The molecule has 6 nitrogen and oxygen atoms in total. The van der Waals surface area contributed by atoms with Crippen molar-refractivity contribution in [3.05, 3.63) is 16.6 Å². The zero-order valence-electron chi connectivity index (χ0n) is 13.7. The quantitative estimate of drug-likeness (QED) is 0.805. The Kier molecular flexibility index (Phi) is 4.80. The van der Waals surface area contributed by atoms with Gasteiger partial charge in [-0.3, -0.25) is 0 Å². The number of ether oxygens (including phenoxy) is 2. The van der Waals surface area contributed by atoms with Crippen LogP contribution in [0.3, 0.4) is 0 Å². The predicted molar refractivity (Wildman–Crippen MR) is 89.0 cm³/mol. The Hall–Kier alpha value is -0.920. The van der Waals surface area contributed by atoms with Gasteiger partial charge in [0, 0.05) is 31.7 Å². The fourth-order valence-corrected chi connectivity index (χ4v) is 4.49. The van der Waals surface area contributed by atoms with Crippen molar-refractivity contribution in [1.29, 1.82) is 0 Å². The van der Waals surface area contributed by atoms with E-state index in [1.54, 1.807) is 0 Å². The van der Waals surface area contributed by atoms with E-state index in [0.29, 0.717) is 6.54 Å². The summed E-state index contributed by atoms with van der Waals surface area (Å²) in [6.07, 6.45) is 8.85. The fourth-order valence-electron chi connectivity index (χ4n) is 4.02. The van der Waals surface area contributed by atoms with E-state index in [4.69, 9.17) is 9.47 Å². The van der Waals surface area contributed by atoms with E-state index in [1.165, 1.54) is 26.4 Å². The number of methoxy groups -OCH3 is 1. The summed E-state index contributed by atoms with van der Waals surface area (Å²) in [4.78, 5) is 16.2. The minimum absolute atomic E-state index is 0.0568. The summed E-state index contributed by atoms with van der Waals surface area (Å²) in [5.41, 5.74) is -0.487. The number of aromatic nitrogens is 2. The highest BCUT2D eigenvalue weighted by atomic mass is 79.9. The molecule has 1 atom stereocenters. The Morgan fingerprint density at radius 2 is 2.17 bits per heavy atom. The molecular weight excluding hydrogens is 362 g/mol. The number of hydrogen-bond donors (Lipinski definition) is 1. The van der Waals surface area contributed by atoms with Crippen LogP contribution in [0.15, 0.2) is 10.8 Å². The van der Waals surface area contributed by atoms with E-state index >= 15 is 0 Å². The van der Waals surface area contributed by atoms with Crippen molar-refractivity contribution >= 4 is 21.9 Å². The fraction of sp³-hybridized carbons (Fsp3) is 0.750. The standard InChI is InChI=1S/C16H24BrN3O3/c1-20-8-12(17)19-14(20)16(23-9-13(21)22-2)10-15(18-11-16)6-4-3-5-7-15/h8,18H,3-7,9-11H2,1-2H3. The number of aryl methyl sites for hydroxylation is 1. The van der Waals surface area contributed by atoms with Crippen LogP contribution in [-0.2, 0) is 26.9 Å². The first kappa shape index (κ1) is 16.9. The van der Waals surface area contributed by atoms with Gasteiger partial charge in [-0.05, 0) is 28.8 Å². The summed E-state index contributed by atoms with van der Waals surface area (Å²) in [6.45, 7) is 0.611. The third kappa shape index (κ3) is 3.32. The maximum atomic E-state index is 11.6. The largest absolute Gasteiger partial charge is 0.467 e. The minimum Gasteiger partial charge on any atom is -0.467 e. The monoisotopic (exact) mass is 385 g/mol. The van der Waals surface area contributed by atoms with E-state index in [9.17, 15) is 4.79 Å². The maximum Gasteiger partial charge on any atom is 0.331 e. The molecule has 1 saturated heterocycles. The van der Waals surface area contributed by atoms with Crippen molar-refractivity contribution in [2.24, 2.45) is 7.05 Å². The highest BCUT2D eigenvalue weighted by Gasteiger charge is 2.52. The summed E-state index contributed by atoms with van der Waals surface area (Å²) < 4.78 is 13.6. The average molecular weight is 386 g/mol. The number of hydrogen-bond acceptors (Lipinski definition) is 5. The smallest absolute Gasteiger partial charge is 0.331 e. The zero-order chi connectivity index (χ0) is 16.5. The van der Waals surface area contributed by atoms with Crippen LogP contribution in [-0.4, -0.2) is 41.3 Å². The Bertz CT molecular complexity index is 583. The second kappa shape index (κ2) is 6.53. The van der Waals surface area contributed by atoms with Crippen molar-refractivity contribution in [3.63, 3.8) is 0 Å². The number of imidazole rings is 1. The lowest BCUT2D eigenvalue weighted by Gasteiger charge is -2.35. The lowest BCUT2D eigenvalue weighted by Crippen LogP contribution is -2.41. The van der Waals surface area contributed by atoms with Crippen LogP contribution in [0, 0.1) is 0 Å². The lowest BCUT2D eigenvalue weighted by atomic mass is 9.78. The molecule has 0 aromatic carbocycles. The van der Waals surface area contributed by atoms with Crippen LogP contribution in [0.2, 0.25) is 0 Å². The Morgan fingerprint density at radius 3 is 2.78 bits per heavy atom. The van der Waals surface area contributed by atoms with Gasteiger partial charge in [0.15, 0.2) is 0 Å². The number of carbonyl (C=O) groups is 1. The highest BCUT2D eigenvalue weighted by Crippen LogP contribution is 2.45. The molecule has 1 unspecified atom stereocenters. The van der Waals surface area contributed by atoms with E-state index in [1.807, 2.05) is 17.8 Å². The molecule has 0 amide bonds. The van der Waals surface area contributed by atoms with E-state index < -0.39 is 5.60 Å². The second-order valence-electron chi connectivity index (χ2n) is 6.73. The van der Waals surface area contributed by atoms with Gasteiger partial charge < -0.3 is 19.4 Å². The van der Waals surface area contributed by atoms with Gasteiger partial charge in [-0.2, -0.15) is 0 Å². The Balaban J connectivity index is 1.88. The van der Waals surface area contributed by atoms with Crippen molar-refractivity contribution in [3.8, 4) is 0 Å². The molecule has 2 aliphatic rings.